The largest absolute Gasteiger partial charge is 0.495 e. The molecule has 0 amide bonds. The number of hydrogen-bond acceptors (Lipinski definition) is 4. The topological polar surface area (TPSA) is 89.6 Å². The van der Waals surface area contributed by atoms with E-state index in [1.807, 2.05) is 0 Å². The summed E-state index contributed by atoms with van der Waals surface area (Å²) in [5.41, 5.74) is 5.59. The van der Waals surface area contributed by atoms with Crippen molar-refractivity contribution in [3.63, 3.8) is 0 Å². The maximum Gasteiger partial charge on any atom is 0.294 e. The Kier molecular flexibility index (Phi) is 5.59. The number of benzene rings is 1. The minimum absolute atomic E-state index is 0. The molecule has 1 aromatic rings. The first-order chi connectivity index (χ1) is 5.95. The van der Waals surface area contributed by atoms with Crippen molar-refractivity contribution < 1.29 is 17.7 Å². The van der Waals surface area contributed by atoms with Gasteiger partial charge in [0, 0.05) is 51.4 Å². The molecule has 7 heteroatoms. The molecule has 0 aromatic heterocycles. The summed E-state index contributed by atoms with van der Waals surface area (Å²) in [6, 6.07) is 3.72. The molecule has 0 bridgehead atoms. The number of methoxy groups -OCH3 is 1. The second kappa shape index (κ2) is 5.45. The van der Waals surface area contributed by atoms with Crippen LogP contribution < -0.4 is 10.5 Å². The van der Waals surface area contributed by atoms with Gasteiger partial charge in [-0.05, 0) is 18.2 Å². The Morgan fingerprint density at radius 2 is 2.00 bits per heavy atom. The molecule has 0 atom stereocenters. The minimum atomic E-state index is -4.19. The zero-order valence-corrected chi connectivity index (χ0v) is 11.8. The normalized spacial score (nSPS) is 10.4. The second-order valence-electron chi connectivity index (χ2n) is 2.38. The molecule has 0 unspecified atom stereocenters. The molecule has 3 N–H and O–H groups in total. The van der Waals surface area contributed by atoms with Crippen LogP contribution >= 0.6 is 0 Å². The van der Waals surface area contributed by atoms with Crippen LogP contribution in [0.5, 0.6) is 5.75 Å². The second-order valence-corrected chi connectivity index (χ2v) is 3.80. The fraction of sp³-hybridized carbons (Fsp3) is 0.143. The van der Waals surface area contributed by atoms with E-state index in [0.717, 1.165) is 6.07 Å². The Balaban J connectivity index is 0.00000169. The summed E-state index contributed by atoms with van der Waals surface area (Å²) in [6.45, 7) is 0. The van der Waals surface area contributed by atoms with Crippen LogP contribution in [-0.4, -0.2) is 71.5 Å². The van der Waals surface area contributed by atoms with E-state index >= 15 is 0 Å². The quantitative estimate of drug-likeness (QED) is 0.437. The summed E-state index contributed by atoms with van der Waals surface area (Å²) in [5, 5.41) is 0. The van der Waals surface area contributed by atoms with Crippen molar-refractivity contribution in [1.82, 2.24) is 0 Å². The predicted octanol–water partition coefficient (Wildman–Crippen LogP) is 0.143. The first-order valence-corrected chi connectivity index (χ1v) is 4.80. The Labute approximate surface area is 125 Å². The zero-order valence-electron chi connectivity index (χ0n) is 7.89. The van der Waals surface area contributed by atoms with E-state index < -0.39 is 10.1 Å². The predicted molar refractivity (Wildman–Crippen MR) is 53.0 cm³/mol. The van der Waals surface area contributed by atoms with E-state index in [9.17, 15) is 8.42 Å². The van der Waals surface area contributed by atoms with Gasteiger partial charge in [-0.15, -0.1) is 0 Å². The molecule has 5 nitrogen and oxygen atoms in total. The van der Waals surface area contributed by atoms with Gasteiger partial charge in [0.15, 0.2) is 0 Å². The van der Waals surface area contributed by atoms with Gasteiger partial charge in [-0.2, -0.15) is 8.42 Å². The van der Waals surface area contributed by atoms with Crippen LogP contribution in [0.4, 0.5) is 5.69 Å². The van der Waals surface area contributed by atoms with Gasteiger partial charge in [-0.25, -0.2) is 0 Å². The number of hydrogen-bond donors (Lipinski definition) is 2. The van der Waals surface area contributed by atoms with E-state index in [4.69, 9.17) is 15.0 Å². The average Bonchev–Trinajstić information content (AvgIpc) is 2.02. The van der Waals surface area contributed by atoms with Crippen molar-refractivity contribution in [2.75, 3.05) is 12.8 Å². The summed E-state index contributed by atoms with van der Waals surface area (Å²) in [7, 11) is -2.77. The van der Waals surface area contributed by atoms with E-state index in [1.165, 1.54) is 19.2 Å². The third-order valence-corrected chi connectivity index (χ3v) is 2.35. The van der Waals surface area contributed by atoms with Crippen molar-refractivity contribution in [2.24, 2.45) is 0 Å². The maximum absolute atomic E-state index is 10.6. The monoisotopic (exact) mass is 242 g/mol. The summed E-state index contributed by atoms with van der Waals surface area (Å²) < 4.78 is 34.8. The van der Waals surface area contributed by atoms with Gasteiger partial charge in [0.1, 0.15) is 5.75 Å². The van der Waals surface area contributed by atoms with Crippen LogP contribution in [0.2, 0.25) is 0 Å². The molecular formula is C7H9KNO4S. The SMILES string of the molecule is COc1ccc(S(=O)(=O)O)cc1N.[K]. The Morgan fingerprint density at radius 1 is 1.43 bits per heavy atom. The number of anilines is 1. The minimum Gasteiger partial charge on any atom is -0.495 e. The van der Waals surface area contributed by atoms with Crippen molar-refractivity contribution in [2.45, 2.75) is 4.90 Å². The van der Waals surface area contributed by atoms with Gasteiger partial charge in [-0.3, -0.25) is 4.55 Å². The summed E-state index contributed by atoms with van der Waals surface area (Å²) in [5.74, 6) is 0.368. The molecule has 1 aromatic carbocycles. The van der Waals surface area contributed by atoms with E-state index in [0.29, 0.717) is 5.75 Å². The fourth-order valence-electron chi connectivity index (χ4n) is 0.873. The number of rotatable bonds is 2. The van der Waals surface area contributed by atoms with Crippen molar-refractivity contribution >= 4 is 67.2 Å². The maximum atomic E-state index is 10.6. The zero-order chi connectivity index (χ0) is 10.1. The molecule has 0 aliphatic heterocycles. The van der Waals surface area contributed by atoms with Gasteiger partial charge in [-0.1, -0.05) is 0 Å². The van der Waals surface area contributed by atoms with Crippen molar-refractivity contribution in [3.05, 3.63) is 18.2 Å². The van der Waals surface area contributed by atoms with Crippen molar-refractivity contribution in [1.29, 1.82) is 0 Å². The molecule has 73 valence electrons. The van der Waals surface area contributed by atoms with Crippen molar-refractivity contribution in [3.8, 4) is 5.75 Å². The van der Waals surface area contributed by atoms with Crippen LogP contribution in [0.1, 0.15) is 0 Å². The smallest absolute Gasteiger partial charge is 0.294 e. The molecule has 0 heterocycles. The average molecular weight is 242 g/mol. The fourth-order valence-corrected chi connectivity index (χ4v) is 1.39. The number of nitrogen functional groups attached to an aromatic ring is 1. The standard InChI is InChI=1S/C7H9NO4S.K/c1-12-7-3-2-5(4-6(7)8)13(9,10)11;/h2-4H,8H2,1H3,(H,9,10,11);. The molecule has 0 fully saturated rings. The van der Waals surface area contributed by atoms with Gasteiger partial charge in [0.05, 0.1) is 17.7 Å². The van der Waals surface area contributed by atoms with Gasteiger partial charge in [0.25, 0.3) is 10.1 Å². The third kappa shape index (κ3) is 3.50. The van der Waals surface area contributed by atoms with Crippen LogP contribution in [0.15, 0.2) is 23.1 Å². The summed E-state index contributed by atoms with van der Waals surface area (Å²) >= 11 is 0. The molecule has 0 saturated heterocycles. The van der Waals surface area contributed by atoms with E-state index in [2.05, 4.69) is 0 Å². The third-order valence-electron chi connectivity index (χ3n) is 1.50. The van der Waals surface area contributed by atoms with Crippen LogP contribution in [0.3, 0.4) is 0 Å². The molecular weight excluding hydrogens is 233 g/mol. The van der Waals surface area contributed by atoms with Crippen LogP contribution in [0, 0.1) is 0 Å². The van der Waals surface area contributed by atoms with E-state index in [-0.39, 0.29) is 62.0 Å². The molecule has 1 radical (unpaired) electrons. The number of ether oxygens (including phenoxy) is 1. The molecule has 0 aliphatic carbocycles. The molecule has 0 saturated carbocycles. The molecule has 14 heavy (non-hydrogen) atoms. The van der Waals surface area contributed by atoms with E-state index in [1.54, 1.807) is 0 Å². The van der Waals surface area contributed by atoms with Gasteiger partial charge < -0.3 is 10.5 Å². The molecule has 1 rings (SSSR count). The molecule has 0 aliphatic rings. The Bertz CT molecular complexity index is 418. The Hall–Kier alpha value is 0.366. The van der Waals surface area contributed by atoms with Crippen LogP contribution in [0.25, 0.3) is 0 Å². The first kappa shape index (κ1) is 14.4. The number of nitrogens with two attached hydrogens (primary N) is 1. The van der Waals surface area contributed by atoms with Gasteiger partial charge >= 0.3 is 0 Å². The van der Waals surface area contributed by atoms with Gasteiger partial charge in [0.2, 0.25) is 0 Å². The Morgan fingerprint density at radius 3 is 2.36 bits per heavy atom. The first-order valence-electron chi connectivity index (χ1n) is 3.36. The molecule has 0 spiro atoms. The van der Waals surface area contributed by atoms with Crippen LogP contribution in [-0.2, 0) is 10.1 Å². The summed E-state index contributed by atoms with van der Waals surface area (Å²) in [6.07, 6.45) is 0. The summed E-state index contributed by atoms with van der Waals surface area (Å²) in [4.78, 5) is -0.245.